The van der Waals surface area contributed by atoms with Crippen LogP contribution in [0.15, 0.2) is 72.9 Å². The smallest absolute Gasteiger partial charge is 0.150 e. The van der Waals surface area contributed by atoms with Gasteiger partial charge < -0.3 is 19.4 Å². The predicted octanol–water partition coefficient (Wildman–Crippen LogP) is 5.86. The fraction of sp³-hybridized carbons (Fsp3) is 0.286. The first-order chi connectivity index (χ1) is 16.7. The Morgan fingerprint density at radius 2 is 1.71 bits per heavy atom. The van der Waals surface area contributed by atoms with Gasteiger partial charge in [-0.3, -0.25) is 4.90 Å². The number of aromatic nitrogens is 1. The van der Waals surface area contributed by atoms with Crippen LogP contribution >= 0.6 is 0 Å². The SMILES string of the molecule is COc1cccc(Oc2ccccc2N2CCN(CCCc3c[nH]c4c(F)cccc34)CC2)c1. The monoisotopic (exact) mass is 459 g/mol. The van der Waals surface area contributed by atoms with Gasteiger partial charge in [0.1, 0.15) is 17.3 Å². The lowest BCUT2D eigenvalue weighted by Gasteiger charge is -2.36. The van der Waals surface area contributed by atoms with E-state index in [1.807, 2.05) is 48.7 Å². The highest BCUT2D eigenvalue weighted by Crippen LogP contribution is 2.34. The molecule has 0 unspecified atom stereocenters. The van der Waals surface area contributed by atoms with Gasteiger partial charge in [-0.1, -0.05) is 30.3 Å². The molecule has 0 atom stereocenters. The first kappa shape index (κ1) is 22.3. The van der Waals surface area contributed by atoms with Crippen LogP contribution in [0.2, 0.25) is 0 Å². The number of para-hydroxylation sites is 3. The molecule has 176 valence electrons. The molecule has 0 spiro atoms. The summed E-state index contributed by atoms with van der Waals surface area (Å²) in [5, 5.41) is 0.998. The van der Waals surface area contributed by atoms with E-state index in [4.69, 9.17) is 9.47 Å². The Morgan fingerprint density at radius 1 is 0.912 bits per heavy atom. The van der Waals surface area contributed by atoms with Gasteiger partial charge in [0.2, 0.25) is 0 Å². The molecule has 1 aliphatic rings. The van der Waals surface area contributed by atoms with Gasteiger partial charge in [0.25, 0.3) is 0 Å². The molecule has 6 heteroatoms. The van der Waals surface area contributed by atoms with E-state index in [0.29, 0.717) is 5.52 Å². The molecule has 3 aromatic carbocycles. The third kappa shape index (κ3) is 4.87. The van der Waals surface area contributed by atoms with Gasteiger partial charge >= 0.3 is 0 Å². The Morgan fingerprint density at radius 3 is 2.56 bits per heavy atom. The molecule has 0 amide bonds. The number of aromatic amines is 1. The number of nitrogens with zero attached hydrogens (tertiary/aromatic N) is 2. The van der Waals surface area contributed by atoms with Crippen LogP contribution in [0.5, 0.6) is 17.2 Å². The average Bonchev–Trinajstić information content (AvgIpc) is 3.29. The minimum absolute atomic E-state index is 0.185. The zero-order valence-corrected chi connectivity index (χ0v) is 19.5. The summed E-state index contributed by atoms with van der Waals surface area (Å²) in [6, 6.07) is 21.2. The Hall–Kier alpha value is -3.51. The van der Waals surface area contributed by atoms with Crippen molar-refractivity contribution < 1.29 is 13.9 Å². The van der Waals surface area contributed by atoms with Crippen LogP contribution in [0.3, 0.4) is 0 Å². The highest BCUT2D eigenvalue weighted by Gasteiger charge is 2.20. The lowest BCUT2D eigenvalue weighted by atomic mass is 10.1. The molecule has 1 N–H and O–H groups in total. The number of piperazine rings is 1. The van der Waals surface area contributed by atoms with E-state index < -0.39 is 0 Å². The molecule has 0 radical (unpaired) electrons. The summed E-state index contributed by atoms with van der Waals surface area (Å²) in [6.07, 6.45) is 3.95. The number of benzene rings is 3. The highest BCUT2D eigenvalue weighted by atomic mass is 19.1. The molecule has 34 heavy (non-hydrogen) atoms. The molecule has 5 nitrogen and oxygen atoms in total. The maximum Gasteiger partial charge on any atom is 0.150 e. The van der Waals surface area contributed by atoms with E-state index in [9.17, 15) is 4.39 Å². The van der Waals surface area contributed by atoms with Crippen LogP contribution in [0.1, 0.15) is 12.0 Å². The lowest BCUT2D eigenvalue weighted by Crippen LogP contribution is -2.46. The molecule has 0 bridgehead atoms. The Balaban J connectivity index is 1.16. The van der Waals surface area contributed by atoms with Gasteiger partial charge in [-0.15, -0.1) is 0 Å². The topological polar surface area (TPSA) is 40.7 Å². The molecule has 1 fully saturated rings. The zero-order chi connectivity index (χ0) is 23.3. The van der Waals surface area contributed by atoms with Crippen LogP contribution in [0.4, 0.5) is 10.1 Å². The first-order valence-corrected chi connectivity index (χ1v) is 11.8. The van der Waals surface area contributed by atoms with Gasteiger partial charge in [0.15, 0.2) is 5.75 Å². The number of anilines is 1. The van der Waals surface area contributed by atoms with Gasteiger partial charge in [-0.2, -0.15) is 0 Å². The van der Waals surface area contributed by atoms with Crippen molar-refractivity contribution in [2.75, 3.05) is 44.7 Å². The number of ether oxygens (including phenoxy) is 2. The minimum Gasteiger partial charge on any atom is -0.497 e. The van der Waals surface area contributed by atoms with Crippen molar-refractivity contribution in [1.29, 1.82) is 0 Å². The molecular formula is C28H30FN3O2. The predicted molar refractivity (Wildman–Crippen MR) is 135 cm³/mol. The fourth-order valence-corrected chi connectivity index (χ4v) is 4.68. The molecule has 1 saturated heterocycles. The molecule has 0 aliphatic carbocycles. The largest absolute Gasteiger partial charge is 0.497 e. The molecule has 1 aliphatic heterocycles. The quantitative estimate of drug-likeness (QED) is 0.358. The number of aryl methyl sites for hydroxylation is 1. The summed E-state index contributed by atoms with van der Waals surface area (Å²) in [7, 11) is 1.66. The summed E-state index contributed by atoms with van der Waals surface area (Å²) in [6.45, 7) is 4.97. The Kier molecular flexibility index (Phi) is 6.67. The van der Waals surface area contributed by atoms with Crippen molar-refractivity contribution in [2.45, 2.75) is 12.8 Å². The average molecular weight is 460 g/mol. The van der Waals surface area contributed by atoms with Crippen LogP contribution in [0.25, 0.3) is 10.9 Å². The Labute approximate surface area is 199 Å². The molecule has 0 saturated carbocycles. The summed E-state index contributed by atoms with van der Waals surface area (Å²) >= 11 is 0. The first-order valence-electron chi connectivity index (χ1n) is 11.8. The molecule has 2 heterocycles. The van der Waals surface area contributed by atoms with Gasteiger partial charge in [0.05, 0.1) is 18.3 Å². The van der Waals surface area contributed by atoms with Crippen molar-refractivity contribution >= 4 is 16.6 Å². The van der Waals surface area contributed by atoms with E-state index in [1.54, 1.807) is 13.2 Å². The second-order valence-electron chi connectivity index (χ2n) is 8.66. The molecule has 4 aromatic rings. The van der Waals surface area contributed by atoms with Crippen LogP contribution < -0.4 is 14.4 Å². The van der Waals surface area contributed by atoms with Crippen LogP contribution in [0, 0.1) is 5.82 Å². The number of methoxy groups -OCH3 is 1. The number of H-pyrrole nitrogens is 1. The van der Waals surface area contributed by atoms with Crippen LogP contribution in [-0.2, 0) is 6.42 Å². The third-order valence-corrected chi connectivity index (χ3v) is 6.52. The molecular weight excluding hydrogens is 429 g/mol. The molecule has 5 rings (SSSR count). The second kappa shape index (κ2) is 10.2. The lowest BCUT2D eigenvalue weighted by molar-refractivity contribution is 0.254. The van der Waals surface area contributed by atoms with Crippen LogP contribution in [-0.4, -0.2) is 49.7 Å². The van der Waals surface area contributed by atoms with E-state index >= 15 is 0 Å². The van der Waals surface area contributed by atoms with Crippen molar-refractivity contribution in [3.05, 3.63) is 84.3 Å². The number of hydrogen-bond acceptors (Lipinski definition) is 4. The summed E-state index contributed by atoms with van der Waals surface area (Å²) in [5.41, 5.74) is 2.92. The minimum atomic E-state index is -0.185. The number of nitrogens with one attached hydrogen (secondary N) is 1. The maximum absolute atomic E-state index is 13.9. The summed E-state index contributed by atoms with van der Waals surface area (Å²) in [4.78, 5) is 7.99. The number of hydrogen-bond donors (Lipinski definition) is 1. The zero-order valence-electron chi connectivity index (χ0n) is 19.5. The normalized spacial score (nSPS) is 14.5. The van der Waals surface area contributed by atoms with E-state index in [-0.39, 0.29) is 5.82 Å². The van der Waals surface area contributed by atoms with Gasteiger partial charge in [0, 0.05) is 43.8 Å². The number of halogens is 1. The van der Waals surface area contributed by atoms with Crippen molar-refractivity contribution in [2.24, 2.45) is 0 Å². The highest BCUT2D eigenvalue weighted by molar-refractivity contribution is 5.83. The Bertz CT molecular complexity index is 1250. The van der Waals surface area contributed by atoms with Crippen molar-refractivity contribution in [3.63, 3.8) is 0 Å². The third-order valence-electron chi connectivity index (χ3n) is 6.52. The van der Waals surface area contributed by atoms with Crippen molar-refractivity contribution in [3.8, 4) is 17.2 Å². The summed E-state index contributed by atoms with van der Waals surface area (Å²) in [5.74, 6) is 2.22. The van der Waals surface area contributed by atoms with E-state index in [1.165, 1.54) is 11.6 Å². The van der Waals surface area contributed by atoms with E-state index in [0.717, 1.165) is 73.9 Å². The van der Waals surface area contributed by atoms with Crippen molar-refractivity contribution in [1.82, 2.24) is 9.88 Å². The van der Waals surface area contributed by atoms with E-state index in [2.05, 4.69) is 26.9 Å². The number of fused-ring (bicyclic) bond motifs is 1. The standard InChI is InChI=1S/C28H30FN3O2/c1-33-22-8-4-9-23(19-22)34-27-13-3-2-12-26(27)32-17-15-31(16-18-32)14-6-7-21-20-30-28-24(21)10-5-11-25(28)29/h2-5,8-13,19-20,30H,6-7,14-18H2,1H3. The second-order valence-corrected chi connectivity index (χ2v) is 8.66. The fourth-order valence-electron chi connectivity index (χ4n) is 4.68. The number of rotatable bonds is 8. The van der Waals surface area contributed by atoms with Gasteiger partial charge in [-0.05, 0) is 55.3 Å². The van der Waals surface area contributed by atoms with Gasteiger partial charge in [-0.25, -0.2) is 4.39 Å². The summed E-state index contributed by atoms with van der Waals surface area (Å²) < 4.78 is 25.5. The molecule has 1 aromatic heterocycles. The maximum atomic E-state index is 13.9.